The number of likely N-dealkylation sites (N-methyl/N-ethyl adjacent to an activating group) is 1. The van der Waals surface area contributed by atoms with Gasteiger partial charge in [-0.05, 0) is 31.4 Å². The number of halogens is 1. The molecule has 2 rings (SSSR count). The van der Waals surface area contributed by atoms with Crippen LogP contribution in [0.5, 0.6) is 0 Å². The normalized spacial score (nSPS) is 17.5. The SMILES string of the molecule is CCNc1nc(Cl)nc(N(C)CC2(O)CCCC2)n1. The fraction of sp³-hybridized carbons (Fsp3) is 0.750. The van der Waals surface area contributed by atoms with Crippen molar-refractivity contribution in [3.63, 3.8) is 0 Å². The number of hydrogen-bond donors (Lipinski definition) is 2. The van der Waals surface area contributed by atoms with Crippen LogP contribution < -0.4 is 10.2 Å². The lowest BCUT2D eigenvalue weighted by atomic mass is 10.0. The van der Waals surface area contributed by atoms with E-state index in [1.165, 1.54) is 0 Å². The molecule has 6 nitrogen and oxygen atoms in total. The first-order chi connectivity index (χ1) is 9.02. The predicted molar refractivity (Wildman–Crippen MR) is 75.7 cm³/mol. The Bertz CT molecular complexity index is 436. The molecule has 0 radical (unpaired) electrons. The first-order valence-electron chi connectivity index (χ1n) is 6.61. The Morgan fingerprint density at radius 2 is 2.00 bits per heavy atom. The van der Waals surface area contributed by atoms with Gasteiger partial charge in [-0.3, -0.25) is 0 Å². The molecule has 7 heteroatoms. The second-order valence-corrected chi connectivity index (χ2v) is 5.38. The van der Waals surface area contributed by atoms with E-state index in [0.29, 0.717) is 25.0 Å². The Kier molecular flexibility index (Phi) is 4.42. The Hall–Kier alpha value is -1.14. The highest BCUT2D eigenvalue weighted by molar-refractivity contribution is 6.28. The van der Waals surface area contributed by atoms with Crippen molar-refractivity contribution in [1.82, 2.24) is 15.0 Å². The molecule has 1 fully saturated rings. The van der Waals surface area contributed by atoms with Gasteiger partial charge < -0.3 is 15.3 Å². The van der Waals surface area contributed by atoms with Gasteiger partial charge in [0.1, 0.15) is 0 Å². The van der Waals surface area contributed by atoms with Gasteiger partial charge in [0.2, 0.25) is 17.2 Å². The molecule has 0 amide bonds. The number of rotatable bonds is 5. The van der Waals surface area contributed by atoms with Crippen molar-refractivity contribution in [1.29, 1.82) is 0 Å². The Morgan fingerprint density at radius 3 is 2.63 bits per heavy atom. The number of anilines is 2. The lowest BCUT2D eigenvalue weighted by molar-refractivity contribution is 0.0556. The van der Waals surface area contributed by atoms with Crippen molar-refractivity contribution in [2.24, 2.45) is 0 Å². The van der Waals surface area contributed by atoms with Crippen molar-refractivity contribution in [2.75, 3.05) is 30.4 Å². The van der Waals surface area contributed by atoms with E-state index in [0.717, 1.165) is 25.7 Å². The quantitative estimate of drug-likeness (QED) is 0.858. The van der Waals surface area contributed by atoms with E-state index < -0.39 is 5.60 Å². The van der Waals surface area contributed by atoms with Crippen molar-refractivity contribution in [2.45, 2.75) is 38.2 Å². The molecule has 1 aromatic rings. The van der Waals surface area contributed by atoms with Crippen LogP contribution >= 0.6 is 11.6 Å². The third-order valence-electron chi connectivity index (χ3n) is 3.34. The zero-order valence-corrected chi connectivity index (χ0v) is 12.1. The van der Waals surface area contributed by atoms with Gasteiger partial charge in [0.25, 0.3) is 0 Å². The number of aliphatic hydroxyl groups is 1. The zero-order chi connectivity index (χ0) is 13.9. The monoisotopic (exact) mass is 285 g/mol. The van der Waals surface area contributed by atoms with Gasteiger partial charge in [0.05, 0.1) is 5.60 Å². The van der Waals surface area contributed by atoms with Crippen LogP contribution in [0.4, 0.5) is 11.9 Å². The molecule has 0 bridgehead atoms. The van der Waals surface area contributed by atoms with Crippen LogP contribution in [0.3, 0.4) is 0 Å². The minimum absolute atomic E-state index is 0.159. The van der Waals surface area contributed by atoms with Crippen LogP contribution in [0.15, 0.2) is 0 Å². The number of nitrogens with one attached hydrogen (secondary N) is 1. The van der Waals surface area contributed by atoms with Crippen molar-refractivity contribution < 1.29 is 5.11 Å². The summed E-state index contributed by atoms with van der Waals surface area (Å²) in [5, 5.41) is 13.6. The van der Waals surface area contributed by atoms with Crippen LogP contribution in [-0.4, -0.2) is 45.8 Å². The second kappa shape index (κ2) is 5.88. The molecular formula is C12H20ClN5O. The third kappa shape index (κ3) is 3.67. The van der Waals surface area contributed by atoms with E-state index in [1.54, 1.807) is 0 Å². The summed E-state index contributed by atoms with van der Waals surface area (Å²) < 4.78 is 0. The van der Waals surface area contributed by atoms with Gasteiger partial charge in [-0.1, -0.05) is 12.8 Å². The average molecular weight is 286 g/mol. The van der Waals surface area contributed by atoms with Crippen LogP contribution in [-0.2, 0) is 0 Å². The van der Waals surface area contributed by atoms with Crippen molar-refractivity contribution >= 4 is 23.5 Å². The highest BCUT2D eigenvalue weighted by Crippen LogP contribution is 2.30. The largest absolute Gasteiger partial charge is 0.388 e. The maximum Gasteiger partial charge on any atom is 0.231 e. The van der Waals surface area contributed by atoms with Crippen LogP contribution in [0, 0.1) is 0 Å². The van der Waals surface area contributed by atoms with Crippen LogP contribution in [0.1, 0.15) is 32.6 Å². The molecule has 1 aliphatic carbocycles. The highest BCUT2D eigenvalue weighted by Gasteiger charge is 2.33. The van der Waals surface area contributed by atoms with Crippen molar-refractivity contribution in [3.05, 3.63) is 5.28 Å². The Balaban J connectivity index is 2.11. The lowest BCUT2D eigenvalue weighted by Crippen LogP contribution is -2.40. The Morgan fingerprint density at radius 1 is 1.32 bits per heavy atom. The molecule has 0 aliphatic heterocycles. The van der Waals surface area contributed by atoms with Gasteiger partial charge in [-0.25, -0.2) is 0 Å². The van der Waals surface area contributed by atoms with Gasteiger partial charge in [0.15, 0.2) is 0 Å². The first kappa shape index (κ1) is 14.3. The standard InChI is InChI=1S/C12H20ClN5O/c1-3-14-10-15-9(13)16-11(17-10)18(2)8-12(19)6-4-5-7-12/h19H,3-8H2,1-2H3,(H,14,15,16,17). The minimum Gasteiger partial charge on any atom is -0.388 e. The highest BCUT2D eigenvalue weighted by atomic mass is 35.5. The van der Waals surface area contributed by atoms with Crippen molar-refractivity contribution in [3.8, 4) is 0 Å². The summed E-state index contributed by atoms with van der Waals surface area (Å²) in [7, 11) is 1.86. The molecule has 2 N–H and O–H groups in total. The fourth-order valence-corrected chi connectivity index (χ4v) is 2.61. The van der Waals surface area contributed by atoms with E-state index in [2.05, 4.69) is 20.3 Å². The number of nitrogens with zero attached hydrogens (tertiary/aromatic N) is 4. The molecule has 19 heavy (non-hydrogen) atoms. The molecule has 1 heterocycles. The van der Waals surface area contributed by atoms with Crippen LogP contribution in [0.2, 0.25) is 5.28 Å². The summed E-state index contributed by atoms with van der Waals surface area (Å²) in [5.41, 5.74) is -0.633. The summed E-state index contributed by atoms with van der Waals surface area (Å²) in [6.07, 6.45) is 3.81. The maximum atomic E-state index is 10.4. The lowest BCUT2D eigenvalue weighted by Gasteiger charge is -2.28. The minimum atomic E-state index is -0.633. The topological polar surface area (TPSA) is 74.2 Å². The zero-order valence-electron chi connectivity index (χ0n) is 11.4. The van der Waals surface area contributed by atoms with E-state index in [1.807, 2.05) is 18.9 Å². The van der Waals surface area contributed by atoms with Gasteiger partial charge in [-0.2, -0.15) is 15.0 Å². The first-order valence-corrected chi connectivity index (χ1v) is 6.99. The summed E-state index contributed by atoms with van der Waals surface area (Å²) in [5.74, 6) is 0.944. The van der Waals surface area contributed by atoms with Crippen LogP contribution in [0.25, 0.3) is 0 Å². The molecule has 1 aliphatic rings. The van der Waals surface area contributed by atoms with E-state index in [9.17, 15) is 5.11 Å². The molecule has 0 spiro atoms. The molecule has 1 aromatic heterocycles. The van der Waals surface area contributed by atoms with E-state index in [-0.39, 0.29) is 5.28 Å². The summed E-state index contributed by atoms with van der Waals surface area (Å²) >= 11 is 5.89. The fourth-order valence-electron chi connectivity index (χ4n) is 2.45. The maximum absolute atomic E-state index is 10.4. The smallest absolute Gasteiger partial charge is 0.231 e. The third-order valence-corrected chi connectivity index (χ3v) is 3.51. The van der Waals surface area contributed by atoms with Gasteiger partial charge in [0, 0.05) is 20.1 Å². The summed E-state index contributed by atoms with van der Waals surface area (Å²) in [6.45, 7) is 3.19. The predicted octanol–water partition coefficient (Wildman–Crippen LogP) is 1.70. The molecule has 0 aromatic carbocycles. The van der Waals surface area contributed by atoms with E-state index in [4.69, 9.17) is 11.6 Å². The van der Waals surface area contributed by atoms with Gasteiger partial charge in [-0.15, -0.1) is 0 Å². The molecule has 1 saturated carbocycles. The molecule has 0 atom stereocenters. The average Bonchev–Trinajstić information content (AvgIpc) is 2.75. The molecule has 0 unspecified atom stereocenters. The second-order valence-electron chi connectivity index (χ2n) is 5.05. The number of hydrogen-bond acceptors (Lipinski definition) is 6. The number of aromatic nitrogens is 3. The summed E-state index contributed by atoms with van der Waals surface area (Å²) in [6, 6.07) is 0. The molecule has 106 valence electrons. The Labute approximate surface area is 118 Å². The van der Waals surface area contributed by atoms with Gasteiger partial charge >= 0.3 is 0 Å². The molecular weight excluding hydrogens is 266 g/mol. The summed E-state index contributed by atoms with van der Waals surface area (Å²) in [4.78, 5) is 14.2. The van der Waals surface area contributed by atoms with E-state index >= 15 is 0 Å². The molecule has 0 saturated heterocycles.